The van der Waals surface area contributed by atoms with Crippen LogP contribution in [0.4, 0.5) is 5.69 Å². The third-order valence-electron chi connectivity index (χ3n) is 3.32. The number of rotatable bonds is 9. The summed E-state index contributed by atoms with van der Waals surface area (Å²) in [6.45, 7) is 4.22. The lowest BCUT2D eigenvalue weighted by atomic mass is 10.3. The van der Waals surface area contributed by atoms with E-state index in [2.05, 4.69) is 44.9 Å². The van der Waals surface area contributed by atoms with Gasteiger partial charge in [0.25, 0.3) is 0 Å². The number of aromatic nitrogens is 4. The molecular formula is C15H22N6OS. The van der Waals surface area contributed by atoms with Gasteiger partial charge in [-0.05, 0) is 35.9 Å². The van der Waals surface area contributed by atoms with E-state index < -0.39 is 0 Å². The zero-order valence-electron chi connectivity index (χ0n) is 13.5. The first-order valence-electron chi connectivity index (χ1n) is 7.62. The van der Waals surface area contributed by atoms with E-state index in [1.54, 1.807) is 4.68 Å². The predicted molar refractivity (Wildman–Crippen MR) is 91.6 cm³/mol. The minimum absolute atomic E-state index is 0.00279. The Labute approximate surface area is 140 Å². The molecule has 1 amide bonds. The molecule has 7 nitrogen and oxygen atoms in total. The van der Waals surface area contributed by atoms with Crippen LogP contribution in [0.2, 0.25) is 0 Å². The summed E-state index contributed by atoms with van der Waals surface area (Å²) in [7, 11) is 2.05. The van der Waals surface area contributed by atoms with E-state index in [0.717, 1.165) is 13.0 Å². The number of nitrogens with zero attached hydrogens (tertiary/aromatic N) is 5. The lowest BCUT2D eigenvalue weighted by Crippen LogP contribution is -2.29. The van der Waals surface area contributed by atoms with Crippen molar-refractivity contribution in [2.24, 2.45) is 0 Å². The first-order chi connectivity index (χ1) is 11.2. The van der Waals surface area contributed by atoms with Crippen LogP contribution < -0.4 is 10.2 Å². The Bertz CT molecular complexity index is 603. The molecule has 0 saturated carbocycles. The number of thioether (sulfide) groups is 1. The molecule has 1 N–H and O–H groups in total. The Hall–Kier alpha value is -2.09. The molecule has 2 aromatic rings. The highest BCUT2D eigenvalue weighted by molar-refractivity contribution is 7.99. The van der Waals surface area contributed by atoms with Crippen LogP contribution in [0, 0.1) is 0 Å². The standard InChI is InChI=1S/C15H22N6OS/c1-3-21-15(17-18-19-21)23-12-14(22)16-10-7-11-20(2)13-8-5-4-6-9-13/h4-6,8-9H,3,7,10-12H2,1-2H3,(H,16,22). The average Bonchev–Trinajstić information content (AvgIpc) is 3.05. The van der Waals surface area contributed by atoms with Crippen molar-refractivity contribution in [2.75, 3.05) is 30.8 Å². The van der Waals surface area contributed by atoms with Crippen LogP contribution in [0.1, 0.15) is 13.3 Å². The summed E-state index contributed by atoms with van der Waals surface area (Å²) in [5.74, 6) is 0.331. The van der Waals surface area contributed by atoms with Crippen LogP contribution in [0.3, 0.4) is 0 Å². The van der Waals surface area contributed by atoms with Crippen molar-refractivity contribution < 1.29 is 4.79 Å². The van der Waals surface area contributed by atoms with Gasteiger partial charge in [0.2, 0.25) is 11.1 Å². The van der Waals surface area contributed by atoms with Crippen LogP contribution in [-0.4, -0.2) is 52.0 Å². The van der Waals surface area contributed by atoms with Gasteiger partial charge in [-0.15, -0.1) is 5.10 Å². The molecule has 1 heterocycles. The zero-order chi connectivity index (χ0) is 16.5. The highest BCUT2D eigenvalue weighted by Crippen LogP contribution is 2.13. The molecular weight excluding hydrogens is 312 g/mol. The normalized spacial score (nSPS) is 10.5. The topological polar surface area (TPSA) is 75.9 Å². The van der Waals surface area contributed by atoms with Crippen molar-refractivity contribution in [1.29, 1.82) is 0 Å². The Morgan fingerprint density at radius 2 is 2.13 bits per heavy atom. The molecule has 0 aliphatic heterocycles. The van der Waals surface area contributed by atoms with E-state index in [1.165, 1.54) is 17.4 Å². The molecule has 0 spiro atoms. The SMILES string of the molecule is CCn1nnnc1SCC(=O)NCCCN(C)c1ccccc1. The van der Waals surface area contributed by atoms with Crippen molar-refractivity contribution in [3.05, 3.63) is 30.3 Å². The summed E-state index contributed by atoms with van der Waals surface area (Å²) < 4.78 is 1.67. The number of carbonyl (C=O) groups excluding carboxylic acids is 1. The fourth-order valence-corrected chi connectivity index (χ4v) is 2.81. The van der Waals surface area contributed by atoms with Crippen LogP contribution in [0.5, 0.6) is 0 Å². The summed E-state index contributed by atoms with van der Waals surface area (Å²) in [5, 5.41) is 14.9. The monoisotopic (exact) mass is 334 g/mol. The number of anilines is 1. The molecule has 0 radical (unpaired) electrons. The van der Waals surface area contributed by atoms with Gasteiger partial charge >= 0.3 is 0 Å². The van der Waals surface area contributed by atoms with Crippen LogP contribution >= 0.6 is 11.8 Å². The molecule has 124 valence electrons. The molecule has 0 unspecified atom stereocenters. The molecule has 0 aliphatic rings. The second-order valence-electron chi connectivity index (χ2n) is 5.03. The number of hydrogen-bond acceptors (Lipinski definition) is 6. The number of aryl methyl sites for hydroxylation is 1. The molecule has 0 fully saturated rings. The quantitative estimate of drug-likeness (QED) is 0.552. The van der Waals surface area contributed by atoms with E-state index in [9.17, 15) is 4.79 Å². The molecule has 0 atom stereocenters. The van der Waals surface area contributed by atoms with Crippen molar-refractivity contribution in [3.63, 3.8) is 0 Å². The zero-order valence-corrected chi connectivity index (χ0v) is 14.3. The first kappa shape index (κ1) is 17.3. The van der Waals surface area contributed by atoms with Gasteiger partial charge in [-0.1, -0.05) is 30.0 Å². The van der Waals surface area contributed by atoms with Crippen molar-refractivity contribution >= 4 is 23.4 Å². The summed E-state index contributed by atoms with van der Waals surface area (Å²) in [6.07, 6.45) is 0.897. The highest BCUT2D eigenvalue weighted by atomic mass is 32.2. The minimum atomic E-state index is 0.00279. The van der Waals surface area contributed by atoms with Crippen molar-refractivity contribution in [3.8, 4) is 0 Å². The number of benzene rings is 1. The smallest absolute Gasteiger partial charge is 0.230 e. The molecule has 1 aromatic heterocycles. The number of carbonyl (C=O) groups is 1. The third-order valence-corrected chi connectivity index (χ3v) is 4.28. The largest absolute Gasteiger partial charge is 0.375 e. The van der Waals surface area contributed by atoms with Crippen LogP contribution in [-0.2, 0) is 11.3 Å². The lowest BCUT2D eigenvalue weighted by Gasteiger charge is -2.19. The summed E-state index contributed by atoms with van der Waals surface area (Å²) in [4.78, 5) is 14.0. The fraction of sp³-hybridized carbons (Fsp3) is 0.467. The predicted octanol–water partition coefficient (Wildman–Crippen LogP) is 1.43. The maximum atomic E-state index is 11.8. The Morgan fingerprint density at radius 3 is 2.87 bits per heavy atom. The summed E-state index contributed by atoms with van der Waals surface area (Å²) in [5.41, 5.74) is 1.18. The second-order valence-corrected chi connectivity index (χ2v) is 5.97. The minimum Gasteiger partial charge on any atom is -0.375 e. The van der Waals surface area contributed by atoms with E-state index in [0.29, 0.717) is 24.0 Å². The number of hydrogen-bond donors (Lipinski definition) is 1. The van der Waals surface area contributed by atoms with E-state index in [-0.39, 0.29) is 5.91 Å². The third kappa shape index (κ3) is 5.55. The molecule has 0 saturated heterocycles. The second kappa shape index (κ2) is 9.14. The van der Waals surface area contributed by atoms with Gasteiger partial charge in [0.15, 0.2) is 0 Å². The average molecular weight is 334 g/mol. The van der Waals surface area contributed by atoms with Crippen molar-refractivity contribution in [1.82, 2.24) is 25.5 Å². The van der Waals surface area contributed by atoms with Crippen molar-refractivity contribution in [2.45, 2.75) is 25.0 Å². The number of nitrogens with one attached hydrogen (secondary N) is 1. The van der Waals surface area contributed by atoms with Gasteiger partial charge in [0.05, 0.1) is 5.75 Å². The Balaban J connectivity index is 1.61. The molecule has 0 aliphatic carbocycles. The first-order valence-corrected chi connectivity index (χ1v) is 8.61. The molecule has 0 bridgehead atoms. The van der Waals surface area contributed by atoms with Crippen LogP contribution in [0.25, 0.3) is 0 Å². The lowest BCUT2D eigenvalue weighted by molar-refractivity contribution is -0.118. The fourth-order valence-electron chi connectivity index (χ4n) is 2.04. The van der Waals surface area contributed by atoms with E-state index in [1.807, 2.05) is 25.1 Å². The molecule has 1 aromatic carbocycles. The van der Waals surface area contributed by atoms with Gasteiger partial charge in [-0.2, -0.15) is 0 Å². The Morgan fingerprint density at radius 1 is 1.35 bits per heavy atom. The Kier molecular flexibility index (Phi) is 6.86. The highest BCUT2D eigenvalue weighted by Gasteiger charge is 2.08. The van der Waals surface area contributed by atoms with E-state index in [4.69, 9.17) is 0 Å². The maximum Gasteiger partial charge on any atom is 0.230 e. The summed E-state index contributed by atoms with van der Waals surface area (Å²) in [6, 6.07) is 10.2. The molecule has 2 rings (SSSR count). The van der Waals surface area contributed by atoms with Gasteiger partial charge in [0.1, 0.15) is 0 Å². The summed E-state index contributed by atoms with van der Waals surface area (Å²) >= 11 is 1.35. The number of tetrazole rings is 1. The molecule has 8 heteroatoms. The van der Waals surface area contributed by atoms with Gasteiger partial charge in [0, 0.05) is 32.4 Å². The molecule has 23 heavy (non-hydrogen) atoms. The van der Waals surface area contributed by atoms with Gasteiger partial charge < -0.3 is 10.2 Å². The van der Waals surface area contributed by atoms with E-state index >= 15 is 0 Å². The maximum absolute atomic E-state index is 11.8. The van der Waals surface area contributed by atoms with Gasteiger partial charge in [-0.3, -0.25) is 4.79 Å². The number of amides is 1. The van der Waals surface area contributed by atoms with Crippen LogP contribution in [0.15, 0.2) is 35.5 Å². The van der Waals surface area contributed by atoms with Gasteiger partial charge in [-0.25, -0.2) is 4.68 Å². The number of para-hydroxylation sites is 1.